The Hall–Kier alpha value is -3.38. The lowest BCUT2D eigenvalue weighted by Gasteiger charge is -2.24. The topological polar surface area (TPSA) is 127 Å². The van der Waals surface area contributed by atoms with E-state index in [9.17, 15) is 8.42 Å². The summed E-state index contributed by atoms with van der Waals surface area (Å²) in [6.07, 6.45) is 4.53. The summed E-state index contributed by atoms with van der Waals surface area (Å²) in [5.41, 5.74) is 2.68. The first kappa shape index (κ1) is 26.2. The molecule has 2 aromatic heterocycles. The summed E-state index contributed by atoms with van der Waals surface area (Å²) in [5.74, 6) is -0.126. The maximum Gasteiger partial charge on any atom is 0.239 e. The average Bonchev–Trinajstić information content (AvgIpc) is 2.89. The highest BCUT2D eigenvalue weighted by atomic mass is 35.5. The minimum atomic E-state index is -4.21. The van der Waals surface area contributed by atoms with Crippen LogP contribution in [0, 0.1) is 12.7 Å². The van der Waals surface area contributed by atoms with Crippen LogP contribution >= 0.6 is 11.6 Å². The van der Waals surface area contributed by atoms with Gasteiger partial charge in [-0.2, -0.15) is 0 Å². The van der Waals surface area contributed by atoms with Gasteiger partial charge in [-0.15, -0.1) is 0 Å². The van der Waals surface area contributed by atoms with Gasteiger partial charge in [0, 0.05) is 46.8 Å². The molecule has 0 bridgehead atoms. The number of halogens is 2. The first-order chi connectivity index (χ1) is 18.2. The molecule has 2 N–H and O–H groups in total. The quantitative estimate of drug-likeness (QED) is 0.361. The van der Waals surface area contributed by atoms with Crippen LogP contribution in [0.5, 0.6) is 11.6 Å². The van der Waals surface area contributed by atoms with Crippen LogP contribution in [0.1, 0.15) is 18.5 Å². The zero-order chi connectivity index (χ0) is 27.0. The van der Waals surface area contributed by atoms with E-state index in [1.54, 1.807) is 12.3 Å². The Labute approximate surface area is 223 Å². The maximum absolute atomic E-state index is 15.1. The number of aromatic nitrogens is 3. The Kier molecular flexibility index (Phi) is 7.19. The van der Waals surface area contributed by atoms with E-state index in [4.69, 9.17) is 31.0 Å². The Morgan fingerprint density at radius 1 is 1.11 bits per heavy atom. The molecule has 1 aliphatic rings. The molecule has 0 radical (unpaired) electrons. The average molecular weight is 559 g/mol. The minimum Gasteiger partial charge on any atom is -0.488 e. The zero-order valence-electron chi connectivity index (χ0n) is 20.6. The number of primary sulfonamides is 1. The van der Waals surface area contributed by atoms with Gasteiger partial charge in [0.25, 0.3) is 0 Å². The van der Waals surface area contributed by atoms with Gasteiger partial charge in [-0.3, -0.25) is 0 Å². The number of sulfonamides is 1. The third-order valence-electron chi connectivity index (χ3n) is 6.37. The van der Waals surface area contributed by atoms with Gasteiger partial charge in [0.05, 0.1) is 25.3 Å². The molecule has 9 nitrogen and oxygen atoms in total. The third-order valence-corrected chi connectivity index (χ3v) is 7.83. The standard InChI is InChI=1S/C26H24ClFN4O5S/c1-14-18-9-15(11-21(25(18)32-13-31-14)37-17-5-7-36-8-6-17)16-10-19(26(35-2)30-12-16)23-20(28)3-4-22(24(23)27)38(29,33)34/h3-4,9-13,17H,5-8H2,1-2H3,(H2,29,33,34). The number of benzene rings is 2. The number of fused-ring (bicyclic) bond motifs is 1. The smallest absolute Gasteiger partial charge is 0.239 e. The van der Waals surface area contributed by atoms with E-state index in [0.717, 1.165) is 36.1 Å². The van der Waals surface area contributed by atoms with Gasteiger partial charge in [0.2, 0.25) is 15.9 Å². The summed E-state index contributed by atoms with van der Waals surface area (Å²) < 4.78 is 56.3. The second kappa shape index (κ2) is 10.4. The summed E-state index contributed by atoms with van der Waals surface area (Å²) >= 11 is 6.36. The number of pyridine rings is 1. The lowest BCUT2D eigenvalue weighted by atomic mass is 9.99. The van der Waals surface area contributed by atoms with Crippen molar-refractivity contribution in [2.45, 2.75) is 30.8 Å². The number of rotatable bonds is 6. The van der Waals surface area contributed by atoms with Crippen molar-refractivity contribution >= 4 is 32.5 Å². The largest absolute Gasteiger partial charge is 0.488 e. The fourth-order valence-electron chi connectivity index (χ4n) is 4.44. The predicted octanol–water partition coefficient (Wildman–Crippen LogP) is 4.67. The van der Waals surface area contributed by atoms with Crippen molar-refractivity contribution in [2.24, 2.45) is 5.14 Å². The van der Waals surface area contributed by atoms with E-state index in [0.29, 0.717) is 35.6 Å². The fourth-order valence-corrected chi connectivity index (χ4v) is 5.63. The van der Waals surface area contributed by atoms with Gasteiger partial charge in [-0.25, -0.2) is 32.9 Å². The number of nitrogens with two attached hydrogens (primary N) is 1. The number of ether oxygens (including phenoxy) is 3. The molecule has 0 atom stereocenters. The van der Waals surface area contributed by atoms with E-state index < -0.39 is 20.7 Å². The van der Waals surface area contributed by atoms with Crippen molar-refractivity contribution in [3.8, 4) is 33.9 Å². The number of hydrogen-bond acceptors (Lipinski definition) is 8. The fraction of sp³-hybridized carbons (Fsp3) is 0.269. The molecule has 1 saturated heterocycles. The molecule has 0 amide bonds. The molecule has 3 heterocycles. The lowest BCUT2D eigenvalue weighted by Crippen LogP contribution is -2.26. The first-order valence-electron chi connectivity index (χ1n) is 11.7. The number of aryl methyl sites for hydroxylation is 1. The van der Waals surface area contributed by atoms with Crippen LogP contribution in [0.3, 0.4) is 0 Å². The highest BCUT2D eigenvalue weighted by Gasteiger charge is 2.24. The highest BCUT2D eigenvalue weighted by molar-refractivity contribution is 7.89. The van der Waals surface area contributed by atoms with Gasteiger partial charge in [0.1, 0.15) is 34.4 Å². The van der Waals surface area contributed by atoms with Crippen LogP contribution in [0.4, 0.5) is 4.39 Å². The van der Waals surface area contributed by atoms with E-state index in [-0.39, 0.29) is 28.1 Å². The molecular weight excluding hydrogens is 535 g/mol. The van der Waals surface area contributed by atoms with Crippen LogP contribution in [-0.2, 0) is 14.8 Å². The van der Waals surface area contributed by atoms with Crippen molar-refractivity contribution in [3.05, 3.63) is 59.4 Å². The molecule has 38 heavy (non-hydrogen) atoms. The van der Waals surface area contributed by atoms with Crippen molar-refractivity contribution < 1.29 is 27.0 Å². The third kappa shape index (κ3) is 5.02. The van der Waals surface area contributed by atoms with Gasteiger partial charge < -0.3 is 14.2 Å². The van der Waals surface area contributed by atoms with Crippen molar-refractivity contribution in [1.29, 1.82) is 0 Å². The van der Waals surface area contributed by atoms with Crippen molar-refractivity contribution in [3.63, 3.8) is 0 Å². The Morgan fingerprint density at radius 2 is 1.87 bits per heavy atom. The molecular formula is C26H24ClFN4O5S. The molecule has 0 aliphatic carbocycles. The normalized spacial score (nSPS) is 14.6. The van der Waals surface area contributed by atoms with E-state index in [1.165, 1.54) is 13.4 Å². The molecule has 1 aliphatic heterocycles. The molecule has 0 unspecified atom stereocenters. The minimum absolute atomic E-state index is 0.0316. The second-order valence-electron chi connectivity index (χ2n) is 8.82. The SMILES string of the molecule is COc1ncc(-c2cc(OC3CCOCC3)c3ncnc(C)c3c2)cc1-c1c(F)ccc(S(N)(=O)=O)c1Cl. The van der Waals surface area contributed by atoms with Crippen LogP contribution in [-0.4, -0.2) is 49.8 Å². The summed E-state index contributed by atoms with van der Waals surface area (Å²) in [7, 11) is -2.84. The van der Waals surface area contributed by atoms with Gasteiger partial charge in [0.15, 0.2) is 0 Å². The Morgan fingerprint density at radius 3 is 2.58 bits per heavy atom. The Bertz CT molecular complexity index is 1650. The zero-order valence-corrected chi connectivity index (χ0v) is 22.1. The summed E-state index contributed by atoms with van der Waals surface area (Å²) in [4.78, 5) is 12.7. The maximum atomic E-state index is 15.1. The number of methoxy groups -OCH3 is 1. The van der Waals surface area contributed by atoms with Crippen LogP contribution in [0.15, 0.2) is 47.8 Å². The van der Waals surface area contributed by atoms with E-state index in [1.807, 2.05) is 19.1 Å². The van der Waals surface area contributed by atoms with E-state index in [2.05, 4.69) is 15.0 Å². The van der Waals surface area contributed by atoms with Crippen LogP contribution in [0.25, 0.3) is 33.2 Å². The summed E-state index contributed by atoms with van der Waals surface area (Å²) in [5, 5.41) is 5.71. The Balaban J connectivity index is 1.69. The molecule has 1 fully saturated rings. The van der Waals surface area contributed by atoms with Gasteiger partial charge in [-0.05, 0) is 42.8 Å². The molecule has 4 aromatic rings. The van der Waals surface area contributed by atoms with Crippen LogP contribution in [0.2, 0.25) is 5.02 Å². The molecule has 2 aromatic carbocycles. The first-order valence-corrected chi connectivity index (χ1v) is 13.6. The highest BCUT2D eigenvalue weighted by Crippen LogP contribution is 2.41. The molecule has 5 rings (SSSR count). The summed E-state index contributed by atoms with van der Waals surface area (Å²) in [6, 6.07) is 7.38. The second-order valence-corrected chi connectivity index (χ2v) is 10.7. The number of nitrogens with zero attached hydrogens (tertiary/aromatic N) is 3. The van der Waals surface area contributed by atoms with Gasteiger partial charge >= 0.3 is 0 Å². The molecule has 198 valence electrons. The molecule has 0 saturated carbocycles. The van der Waals surface area contributed by atoms with Crippen molar-refractivity contribution in [2.75, 3.05) is 20.3 Å². The molecule has 12 heteroatoms. The lowest BCUT2D eigenvalue weighted by molar-refractivity contribution is 0.0261. The molecule has 0 spiro atoms. The van der Waals surface area contributed by atoms with E-state index >= 15 is 4.39 Å². The van der Waals surface area contributed by atoms with Crippen LogP contribution < -0.4 is 14.6 Å². The predicted molar refractivity (Wildman–Crippen MR) is 140 cm³/mol. The van der Waals surface area contributed by atoms with Crippen molar-refractivity contribution in [1.82, 2.24) is 15.0 Å². The van der Waals surface area contributed by atoms with Gasteiger partial charge in [-0.1, -0.05) is 11.6 Å². The number of hydrogen-bond donors (Lipinski definition) is 1. The monoisotopic (exact) mass is 558 g/mol. The summed E-state index contributed by atoms with van der Waals surface area (Å²) in [6.45, 7) is 3.11.